The molecule has 0 aliphatic heterocycles. The Morgan fingerprint density at radius 3 is 2.44 bits per heavy atom. The van der Waals surface area contributed by atoms with Gasteiger partial charge in [0.2, 0.25) is 0 Å². The second kappa shape index (κ2) is 8.94. The monoisotopic (exact) mass is 485 g/mol. The van der Waals surface area contributed by atoms with Gasteiger partial charge in [-0.25, -0.2) is 13.2 Å². The molecule has 0 fully saturated rings. The van der Waals surface area contributed by atoms with Gasteiger partial charge in [0.25, 0.3) is 10.0 Å². The first-order valence-electron chi connectivity index (χ1n) is 9.85. The molecule has 0 aliphatic carbocycles. The SMILES string of the molecule is Cc1c(S(=O)(=O)Nc2ccc(CCc3cccc(C(=O)O)c3)cc2)sc2ccc(Cl)cc12. The van der Waals surface area contributed by atoms with E-state index in [-0.39, 0.29) is 9.77 Å². The van der Waals surface area contributed by atoms with Crippen LogP contribution in [0.2, 0.25) is 5.02 Å². The minimum absolute atomic E-state index is 0.269. The smallest absolute Gasteiger partial charge is 0.335 e. The third-order valence-electron chi connectivity index (χ3n) is 5.18. The van der Waals surface area contributed by atoms with E-state index in [1.807, 2.05) is 24.3 Å². The summed E-state index contributed by atoms with van der Waals surface area (Å²) in [5.41, 5.74) is 3.40. The number of hydrogen-bond donors (Lipinski definition) is 2. The number of thiophene rings is 1. The van der Waals surface area contributed by atoms with E-state index >= 15 is 0 Å². The van der Waals surface area contributed by atoms with Crippen molar-refractivity contribution in [2.45, 2.75) is 24.0 Å². The van der Waals surface area contributed by atoms with Crippen molar-refractivity contribution in [3.05, 3.63) is 94.0 Å². The molecule has 164 valence electrons. The molecule has 3 aromatic carbocycles. The summed E-state index contributed by atoms with van der Waals surface area (Å²) < 4.78 is 29.8. The molecular formula is C24H20ClNO4S2. The molecular weight excluding hydrogens is 466 g/mol. The number of carboxylic acid groups (broad SMARTS) is 1. The van der Waals surface area contributed by atoms with Crippen molar-refractivity contribution in [1.29, 1.82) is 0 Å². The van der Waals surface area contributed by atoms with Crippen LogP contribution in [0.4, 0.5) is 5.69 Å². The quantitative estimate of drug-likeness (QED) is 0.329. The summed E-state index contributed by atoms with van der Waals surface area (Å²) in [4.78, 5) is 11.1. The lowest BCUT2D eigenvalue weighted by Gasteiger charge is -2.09. The Balaban J connectivity index is 1.47. The zero-order valence-electron chi connectivity index (χ0n) is 17.1. The number of benzene rings is 3. The second-order valence-corrected chi connectivity index (χ2v) is 10.8. The molecule has 0 radical (unpaired) electrons. The van der Waals surface area contributed by atoms with Crippen LogP contribution in [-0.4, -0.2) is 19.5 Å². The zero-order chi connectivity index (χ0) is 22.9. The Hall–Kier alpha value is -2.87. The Labute approximate surface area is 195 Å². The molecule has 0 bridgehead atoms. The second-order valence-electron chi connectivity index (χ2n) is 7.46. The number of halogens is 1. The Morgan fingerprint density at radius 2 is 1.72 bits per heavy atom. The van der Waals surface area contributed by atoms with E-state index in [9.17, 15) is 13.2 Å². The van der Waals surface area contributed by atoms with Gasteiger partial charge in [0.1, 0.15) is 4.21 Å². The van der Waals surface area contributed by atoms with Crippen LogP contribution in [0, 0.1) is 6.92 Å². The number of fused-ring (bicyclic) bond motifs is 1. The number of nitrogens with one attached hydrogen (secondary N) is 1. The van der Waals surface area contributed by atoms with Crippen LogP contribution in [-0.2, 0) is 22.9 Å². The van der Waals surface area contributed by atoms with Gasteiger partial charge in [0.05, 0.1) is 5.56 Å². The van der Waals surface area contributed by atoms with E-state index < -0.39 is 16.0 Å². The maximum atomic E-state index is 13.0. The highest BCUT2D eigenvalue weighted by molar-refractivity contribution is 7.94. The standard InChI is InChI=1S/C24H20ClNO4S2/c1-15-21-14-19(25)9-12-22(21)31-24(15)32(29,30)26-20-10-7-16(8-11-20)5-6-17-3-2-4-18(13-17)23(27)28/h2-4,7-14,26H,5-6H2,1H3,(H,27,28). The predicted molar refractivity (Wildman–Crippen MR) is 130 cm³/mol. The van der Waals surface area contributed by atoms with Crippen LogP contribution in [0.15, 0.2) is 70.9 Å². The van der Waals surface area contributed by atoms with E-state index in [4.69, 9.17) is 16.7 Å². The van der Waals surface area contributed by atoms with E-state index in [0.717, 1.165) is 21.2 Å². The Bertz CT molecular complexity index is 1410. The summed E-state index contributed by atoms with van der Waals surface area (Å²) in [6.07, 6.45) is 1.40. The van der Waals surface area contributed by atoms with Crippen molar-refractivity contribution in [2.75, 3.05) is 4.72 Å². The van der Waals surface area contributed by atoms with Gasteiger partial charge in [-0.2, -0.15) is 0 Å². The molecule has 5 nitrogen and oxygen atoms in total. The molecule has 0 saturated heterocycles. The highest BCUT2D eigenvalue weighted by Gasteiger charge is 2.22. The lowest BCUT2D eigenvalue weighted by Crippen LogP contribution is -2.12. The average Bonchev–Trinajstić information content (AvgIpc) is 3.10. The number of carbonyl (C=O) groups is 1. The zero-order valence-corrected chi connectivity index (χ0v) is 19.5. The fourth-order valence-corrected chi connectivity index (χ4v) is 6.49. The summed E-state index contributed by atoms with van der Waals surface area (Å²) >= 11 is 7.28. The van der Waals surface area contributed by atoms with Crippen LogP contribution >= 0.6 is 22.9 Å². The van der Waals surface area contributed by atoms with Gasteiger partial charge in [-0.3, -0.25) is 4.72 Å². The largest absolute Gasteiger partial charge is 0.478 e. The topological polar surface area (TPSA) is 83.5 Å². The number of sulfonamides is 1. The highest BCUT2D eigenvalue weighted by atomic mass is 35.5. The van der Waals surface area contributed by atoms with Crippen molar-refractivity contribution in [1.82, 2.24) is 0 Å². The number of aromatic carboxylic acids is 1. The third-order valence-corrected chi connectivity index (χ3v) is 8.69. The molecule has 0 atom stereocenters. The Morgan fingerprint density at radius 1 is 1.00 bits per heavy atom. The first-order chi connectivity index (χ1) is 15.2. The summed E-state index contributed by atoms with van der Waals surface area (Å²) in [5.74, 6) is -0.944. The maximum Gasteiger partial charge on any atom is 0.335 e. The molecule has 8 heteroatoms. The van der Waals surface area contributed by atoms with E-state index in [0.29, 0.717) is 29.1 Å². The molecule has 4 rings (SSSR count). The van der Waals surface area contributed by atoms with Gasteiger partial charge in [0.15, 0.2) is 0 Å². The van der Waals surface area contributed by atoms with Crippen LogP contribution in [0.1, 0.15) is 27.0 Å². The van der Waals surface area contributed by atoms with Crippen molar-refractivity contribution in [2.24, 2.45) is 0 Å². The summed E-state index contributed by atoms with van der Waals surface area (Å²) in [5, 5.41) is 10.5. The van der Waals surface area contributed by atoms with Crippen LogP contribution < -0.4 is 4.72 Å². The first-order valence-corrected chi connectivity index (χ1v) is 12.5. The molecule has 0 unspecified atom stereocenters. The van der Waals surface area contributed by atoms with Gasteiger partial charge in [0, 0.05) is 15.4 Å². The Kier molecular flexibility index (Phi) is 6.24. The predicted octanol–water partition coefficient (Wildman–Crippen LogP) is 6.15. The average molecular weight is 486 g/mol. The molecule has 1 heterocycles. The fourth-order valence-electron chi connectivity index (χ4n) is 3.52. The van der Waals surface area contributed by atoms with Gasteiger partial charge in [-0.05, 0) is 84.3 Å². The molecule has 4 aromatic rings. The lowest BCUT2D eigenvalue weighted by atomic mass is 10.0. The molecule has 1 aromatic heterocycles. The molecule has 2 N–H and O–H groups in total. The number of aryl methyl sites for hydroxylation is 3. The normalized spacial score (nSPS) is 11.6. The fraction of sp³-hybridized carbons (Fsp3) is 0.125. The molecule has 0 spiro atoms. The van der Waals surface area contributed by atoms with E-state index in [1.165, 1.54) is 11.3 Å². The molecule has 32 heavy (non-hydrogen) atoms. The lowest BCUT2D eigenvalue weighted by molar-refractivity contribution is 0.0696. The maximum absolute atomic E-state index is 13.0. The van der Waals surface area contributed by atoms with Gasteiger partial charge < -0.3 is 5.11 Å². The van der Waals surface area contributed by atoms with Crippen molar-refractivity contribution in [3.63, 3.8) is 0 Å². The van der Waals surface area contributed by atoms with E-state index in [2.05, 4.69) is 4.72 Å². The third kappa shape index (κ3) is 4.80. The van der Waals surface area contributed by atoms with Gasteiger partial charge in [-0.1, -0.05) is 35.9 Å². The number of hydrogen-bond acceptors (Lipinski definition) is 4. The van der Waals surface area contributed by atoms with Crippen LogP contribution in [0.25, 0.3) is 10.1 Å². The molecule has 0 amide bonds. The van der Waals surface area contributed by atoms with Gasteiger partial charge >= 0.3 is 5.97 Å². The van der Waals surface area contributed by atoms with Crippen molar-refractivity contribution < 1.29 is 18.3 Å². The summed E-state index contributed by atoms with van der Waals surface area (Å²) in [6.45, 7) is 1.78. The molecule has 0 saturated carbocycles. The van der Waals surface area contributed by atoms with Crippen molar-refractivity contribution >= 4 is 54.7 Å². The summed E-state index contributed by atoms with van der Waals surface area (Å²) in [7, 11) is -3.73. The number of anilines is 1. The van der Waals surface area contributed by atoms with Gasteiger partial charge in [-0.15, -0.1) is 11.3 Å². The number of rotatable bonds is 7. The van der Waals surface area contributed by atoms with Crippen molar-refractivity contribution in [3.8, 4) is 0 Å². The number of carboxylic acids is 1. The summed E-state index contributed by atoms with van der Waals surface area (Å²) in [6, 6.07) is 19.5. The van der Waals surface area contributed by atoms with Crippen LogP contribution in [0.3, 0.4) is 0 Å². The highest BCUT2D eigenvalue weighted by Crippen LogP contribution is 2.36. The minimum atomic E-state index is -3.73. The first kappa shape index (κ1) is 22.3. The van der Waals surface area contributed by atoms with E-state index in [1.54, 1.807) is 49.4 Å². The minimum Gasteiger partial charge on any atom is -0.478 e. The molecule has 0 aliphatic rings. The van der Waals surface area contributed by atoms with Crippen LogP contribution in [0.5, 0.6) is 0 Å².